The second-order valence-electron chi connectivity index (χ2n) is 6.96. The molecule has 0 bridgehead atoms. The van der Waals surface area contributed by atoms with Crippen LogP contribution in [0.1, 0.15) is 32.4 Å². The standard InChI is InChI=1S/C23H24N2O2S/c1-27-20-10-8-18(9-11-20)23(26)24-15-21(22-7-4-14-28-22)25-13-12-17-5-2-3-6-19(17)16-25/h2-11,14,21H,12-13,15-16H2,1H3,(H,24,26). The zero-order chi connectivity index (χ0) is 19.3. The van der Waals surface area contributed by atoms with Gasteiger partial charge in [0.1, 0.15) is 5.75 Å². The molecule has 4 rings (SSSR count). The topological polar surface area (TPSA) is 41.6 Å². The van der Waals surface area contributed by atoms with E-state index in [4.69, 9.17) is 4.74 Å². The third-order valence-electron chi connectivity index (χ3n) is 5.28. The average Bonchev–Trinajstić information content (AvgIpc) is 3.28. The number of carbonyl (C=O) groups excluding carboxylic acids is 1. The smallest absolute Gasteiger partial charge is 0.251 e. The number of amides is 1. The molecule has 1 atom stereocenters. The predicted molar refractivity (Wildman–Crippen MR) is 113 cm³/mol. The number of nitrogens with zero attached hydrogens (tertiary/aromatic N) is 1. The van der Waals surface area contributed by atoms with Crippen LogP contribution >= 0.6 is 11.3 Å². The summed E-state index contributed by atoms with van der Waals surface area (Å²) in [4.78, 5) is 16.4. The van der Waals surface area contributed by atoms with Gasteiger partial charge in [0.15, 0.2) is 0 Å². The maximum atomic E-state index is 12.6. The Labute approximate surface area is 169 Å². The molecule has 2 heterocycles. The Balaban J connectivity index is 1.47. The number of hydrogen-bond acceptors (Lipinski definition) is 4. The van der Waals surface area contributed by atoms with Gasteiger partial charge in [-0.2, -0.15) is 0 Å². The van der Waals surface area contributed by atoms with Crippen LogP contribution in [-0.4, -0.2) is 31.0 Å². The van der Waals surface area contributed by atoms with Crippen LogP contribution in [0.15, 0.2) is 66.0 Å². The number of ether oxygens (including phenoxy) is 1. The van der Waals surface area contributed by atoms with E-state index in [1.165, 1.54) is 16.0 Å². The molecule has 0 fully saturated rings. The zero-order valence-corrected chi connectivity index (χ0v) is 16.7. The molecule has 0 saturated carbocycles. The van der Waals surface area contributed by atoms with Gasteiger partial charge in [-0.1, -0.05) is 30.3 Å². The average molecular weight is 393 g/mol. The van der Waals surface area contributed by atoms with Crippen LogP contribution in [0.3, 0.4) is 0 Å². The Kier molecular flexibility index (Phi) is 5.74. The van der Waals surface area contributed by atoms with Gasteiger partial charge < -0.3 is 10.1 Å². The first-order valence-corrected chi connectivity index (χ1v) is 10.4. The summed E-state index contributed by atoms with van der Waals surface area (Å²) in [5.74, 6) is 0.696. The number of carbonyl (C=O) groups is 1. The largest absolute Gasteiger partial charge is 0.497 e. The third kappa shape index (κ3) is 4.11. The Morgan fingerprint density at radius 2 is 1.89 bits per heavy atom. The number of methoxy groups -OCH3 is 1. The highest BCUT2D eigenvalue weighted by atomic mass is 32.1. The van der Waals surface area contributed by atoms with Crippen molar-refractivity contribution in [1.29, 1.82) is 0 Å². The number of rotatable bonds is 6. The van der Waals surface area contributed by atoms with Crippen LogP contribution in [-0.2, 0) is 13.0 Å². The Morgan fingerprint density at radius 3 is 2.61 bits per heavy atom. The van der Waals surface area contributed by atoms with Crippen LogP contribution in [0.5, 0.6) is 5.75 Å². The second-order valence-corrected chi connectivity index (χ2v) is 7.94. The summed E-state index contributed by atoms with van der Waals surface area (Å²) < 4.78 is 5.17. The van der Waals surface area contributed by atoms with Gasteiger partial charge in [-0.15, -0.1) is 11.3 Å². The van der Waals surface area contributed by atoms with Crippen molar-refractivity contribution in [3.8, 4) is 5.75 Å². The van der Waals surface area contributed by atoms with Crippen molar-refractivity contribution < 1.29 is 9.53 Å². The summed E-state index contributed by atoms with van der Waals surface area (Å²) in [5.41, 5.74) is 3.47. The zero-order valence-electron chi connectivity index (χ0n) is 15.9. The van der Waals surface area contributed by atoms with Gasteiger partial charge in [0, 0.05) is 30.1 Å². The second kappa shape index (κ2) is 8.59. The fourth-order valence-electron chi connectivity index (χ4n) is 3.71. The minimum Gasteiger partial charge on any atom is -0.497 e. The molecule has 0 aliphatic carbocycles. The van der Waals surface area contributed by atoms with E-state index in [2.05, 4.69) is 52.0 Å². The van der Waals surface area contributed by atoms with Crippen molar-refractivity contribution in [2.24, 2.45) is 0 Å². The van der Waals surface area contributed by atoms with E-state index in [0.29, 0.717) is 12.1 Å². The molecular formula is C23H24N2O2S. The molecule has 144 valence electrons. The number of nitrogens with one attached hydrogen (secondary N) is 1. The maximum absolute atomic E-state index is 12.6. The first-order valence-electron chi connectivity index (χ1n) is 9.51. The van der Waals surface area contributed by atoms with Crippen LogP contribution in [0.25, 0.3) is 0 Å². The van der Waals surface area contributed by atoms with Gasteiger partial charge in [0.25, 0.3) is 5.91 Å². The summed E-state index contributed by atoms with van der Waals surface area (Å²) in [5, 5.41) is 5.23. The first-order chi connectivity index (χ1) is 13.7. The molecule has 1 aliphatic rings. The molecule has 1 N–H and O–H groups in total. The fourth-order valence-corrected chi connectivity index (χ4v) is 4.57. The van der Waals surface area contributed by atoms with Gasteiger partial charge in [-0.25, -0.2) is 0 Å². The van der Waals surface area contributed by atoms with E-state index >= 15 is 0 Å². The van der Waals surface area contributed by atoms with Crippen molar-refractivity contribution in [3.05, 3.63) is 87.6 Å². The molecular weight excluding hydrogens is 368 g/mol. The third-order valence-corrected chi connectivity index (χ3v) is 6.25. The minimum atomic E-state index is -0.0541. The lowest BCUT2D eigenvalue weighted by atomic mass is 9.98. The molecule has 3 aromatic rings. The highest BCUT2D eigenvalue weighted by Crippen LogP contribution is 2.30. The molecule has 28 heavy (non-hydrogen) atoms. The Bertz CT molecular complexity index is 922. The number of thiophene rings is 1. The van der Waals surface area contributed by atoms with Gasteiger partial charge in [-0.05, 0) is 53.3 Å². The first kappa shape index (κ1) is 18.7. The van der Waals surface area contributed by atoms with E-state index in [1.807, 2.05) is 12.1 Å². The summed E-state index contributed by atoms with van der Waals surface area (Å²) >= 11 is 1.75. The monoisotopic (exact) mass is 392 g/mol. The van der Waals surface area contributed by atoms with E-state index in [0.717, 1.165) is 25.3 Å². The van der Waals surface area contributed by atoms with E-state index in [9.17, 15) is 4.79 Å². The molecule has 2 aromatic carbocycles. The summed E-state index contributed by atoms with van der Waals surface area (Å²) in [6.45, 7) is 2.50. The van der Waals surface area contributed by atoms with Crippen LogP contribution < -0.4 is 10.1 Å². The van der Waals surface area contributed by atoms with Gasteiger partial charge in [0.05, 0.1) is 13.2 Å². The lowest BCUT2D eigenvalue weighted by Crippen LogP contribution is -2.40. The summed E-state index contributed by atoms with van der Waals surface area (Å²) in [6.07, 6.45) is 1.05. The van der Waals surface area contributed by atoms with Crippen LogP contribution in [0.2, 0.25) is 0 Å². The molecule has 1 amide bonds. The molecule has 1 aliphatic heterocycles. The molecule has 0 radical (unpaired) electrons. The van der Waals surface area contributed by atoms with Crippen molar-refractivity contribution in [3.63, 3.8) is 0 Å². The van der Waals surface area contributed by atoms with Crippen molar-refractivity contribution >= 4 is 17.2 Å². The normalized spacial score (nSPS) is 14.9. The minimum absolute atomic E-state index is 0.0541. The summed E-state index contributed by atoms with van der Waals surface area (Å²) in [6, 6.07) is 20.3. The van der Waals surface area contributed by atoms with Crippen molar-refractivity contribution in [2.45, 2.75) is 19.0 Å². The van der Waals surface area contributed by atoms with Gasteiger partial charge >= 0.3 is 0 Å². The maximum Gasteiger partial charge on any atom is 0.251 e. The van der Waals surface area contributed by atoms with Crippen LogP contribution in [0, 0.1) is 0 Å². The predicted octanol–water partition coefficient (Wildman–Crippen LogP) is 4.29. The SMILES string of the molecule is COc1ccc(C(=O)NCC(c2cccs2)N2CCc3ccccc3C2)cc1. The number of hydrogen-bond donors (Lipinski definition) is 1. The van der Waals surface area contributed by atoms with Crippen molar-refractivity contribution in [1.82, 2.24) is 10.2 Å². The highest BCUT2D eigenvalue weighted by Gasteiger charge is 2.26. The van der Waals surface area contributed by atoms with Gasteiger partial charge in [0.2, 0.25) is 0 Å². The van der Waals surface area contributed by atoms with Gasteiger partial charge in [-0.3, -0.25) is 9.69 Å². The molecule has 1 aromatic heterocycles. The van der Waals surface area contributed by atoms with Crippen molar-refractivity contribution in [2.75, 3.05) is 20.2 Å². The van der Waals surface area contributed by atoms with E-state index < -0.39 is 0 Å². The molecule has 0 spiro atoms. The van der Waals surface area contributed by atoms with Crippen LogP contribution in [0.4, 0.5) is 0 Å². The quantitative estimate of drug-likeness (QED) is 0.681. The van der Waals surface area contributed by atoms with E-state index in [-0.39, 0.29) is 11.9 Å². The fraction of sp³-hybridized carbons (Fsp3) is 0.261. The lowest BCUT2D eigenvalue weighted by molar-refractivity contribution is 0.0928. The number of fused-ring (bicyclic) bond motifs is 1. The highest BCUT2D eigenvalue weighted by molar-refractivity contribution is 7.10. The molecule has 0 saturated heterocycles. The Hall–Kier alpha value is -2.63. The summed E-state index contributed by atoms with van der Waals surface area (Å²) in [7, 11) is 1.62. The lowest BCUT2D eigenvalue weighted by Gasteiger charge is -2.35. The molecule has 4 nitrogen and oxygen atoms in total. The van der Waals surface area contributed by atoms with E-state index in [1.54, 1.807) is 30.6 Å². The molecule has 1 unspecified atom stereocenters. The number of benzene rings is 2. The Morgan fingerprint density at radius 1 is 1.11 bits per heavy atom. The molecule has 5 heteroatoms.